The van der Waals surface area contributed by atoms with Crippen molar-refractivity contribution in [3.05, 3.63) is 0 Å². The fourth-order valence-corrected chi connectivity index (χ4v) is 3.29. The molecule has 4 amide bonds. The Morgan fingerprint density at radius 3 is 2.07 bits per heavy atom. The molecule has 1 fully saturated rings. The van der Waals surface area contributed by atoms with E-state index in [4.69, 9.17) is 15.9 Å². The summed E-state index contributed by atoms with van der Waals surface area (Å²) in [6, 6.07) is -1.05. The number of carboxylic acid groups (broad SMARTS) is 3. The van der Waals surface area contributed by atoms with Gasteiger partial charge in [0.05, 0.1) is 0 Å². The maximum atomic E-state index is 12.9. The Labute approximate surface area is 159 Å². The third kappa shape index (κ3) is 4.27. The molecule has 0 aliphatic carbocycles. The van der Waals surface area contributed by atoms with Crippen LogP contribution >= 0.6 is 0 Å². The Bertz CT molecular complexity index is 707. The highest BCUT2D eigenvalue weighted by Gasteiger charge is 2.66. The van der Waals surface area contributed by atoms with Crippen molar-refractivity contribution in [1.29, 1.82) is 0 Å². The molecule has 1 heterocycles. The Morgan fingerprint density at radius 2 is 1.57 bits per heavy atom. The third-order valence-corrected chi connectivity index (χ3v) is 4.88. The number of unbranched alkanes of at least 4 members (excludes halogenated alkanes) is 1. The van der Waals surface area contributed by atoms with Crippen LogP contribution in [0.4, 0.5) is 4.79 Å². The summed E-state index contributed by atoms with van der Waals surface area (Å²) in [6.07, 6.45) is -1.86. The Balaban J connectivity index is 3.35. The van der Waals surface area contributed by atoms with Crippen molar-refractivity contribution in [1.82, 2.24) is 10.2 Å². The molecule has 2 unspecified atom stereocenters. The topological polar surface area (TPSA) is 204 Å². The molecule has 0 aromatic heterocycles. The summed E-state index contributed by atoms with van der Waals surface area (Å²) in [5, 5.41) is 29.2. The molecular weight excluding hydrogens is 378 g/mol. The van der Waals surface area contributed by atoms with E-state index in [1.165, 1.54) is 0 Å². The second-order valence-corrected chi connectivity index (χ2v) is 6.65. The summed E-state index contributed by atoms with van der Waals surface area (Å²) in [4.78, 5) is 71.4. The molecule has 0 aromatic rings. The molecule has 2 atom stereocenters. The largest absolute Gasteiger partial charge is 0.481 e. The fourth-order valence-electron chi connectivity index (χ4n) is 3.29. The number of carboxylic acids is 3. The minimum atomic E-state index is -2.47. The van der Waals surface area contributed by atoms with Crippen LogP contribution in [0.1, 0.15) is 44.9 Å². The average molecular weight is 401 g/mol. The molecule has 156 valence electrons. The number of hydrogen-bond donors (Lipinski definition) is 5. The molecular formula is C16H23N3O9. The molecule has 0 spiro atoms. The lowest BCUT2D eigenvalue weighted by molar-refractivity contribution is -0.168. The van der Waals surface area contributed by atoms with Gasteiger partial charge in [-0.25, -0.2) is 4.79 Å². The molecule has 0 bridgehead atoms. The number of nitrogens with one attached hydrogen (secondary N) is 1. The third-order valence-electron chi connectivity index (χ3n) is 4.88. The first kappa shape index (κ1) is 23.0. The van der Waals surface area contributed by atoms with Gasteiger partial charge in [-0.2, -0.15) is 0 Å². The van der Waals surface area contributed by atoms with Crippen molar-refractivity contribution < 1.29 is 44.1 Å². The molecule has 28 heavy (non-hydrogen) atoms. The smallest absolute Gasteiger partial charge is 0.330 e. The second kappa shape index (κ2) is 8.78. The first-order valence-corrected chi connectivity index (χ1v) is 8.49. The van der Waals surface area contributed by atoms with Crippen molar-refractivity contribution >= 4 is 35.8 Å². The summed E-state index contributed by atoms with van der Waals surface area (Å²) < 4.78 is 0. The zero-order valence-electron chi connectivity index (χ0n) is 15.3. The highest BCUT2D eigenvalue weighted by Crippen LogP contribution is 2.42. The maximum Gasteiger partial charge on any atom is 0.330 e. The normalized spacial score (nSPS) is 21.8. The van der Waals surface area contributed by atoms with Crippen LogP contribution in [0.15, 0.2) is 0 Å². The van der Waals surface area contributed by atoms with Crippen LogP contribution in [0, 0.1) is 5.41 Å². The van der Waals surface area contributed by atoms with Crippen LogP contribution in [-0.4, -0.2) is 68.6 Å². The second-order valence-electron chi connectivity index (χ2n) is 6.65. The van der Waals surface area contributed by atoms with E-state index in [-0.39, 0.29) is 25.7 Å². The molecule has 12 nitrogen and oxygen atoms in total. The van der Waals surface area contributed by atoms with E-state index < -0.39 is 66.0 Å². The summed E-state index contributed by atoms with van der Waals surface area (Å²) in [6.45, 7) is 0. The molecule has 0 saturated carbocycles. The lowest BCUT2D eigenvalue weighted by Crippen LogP contribution is -2.75. The number of aliphatic carboxylic acids is 3. The first-order chi connectivity index (χ1) is 12.9. The van der Waals surface area contributed by atoms with Gasteiger partial charge in [-0.1, -0.05) is 6.42 Å². The predicted molar refractivity (Wildman–Crippen MR) is 90.9 cm³/mol. The van der Waals surface area contributed by atoms with Crippen LogP contribution in [0.2, 0.25) is 0 Å². The lowest BCUT2D eigenvalue weighted by Gasteiger charge is -2.46. The summed E-state index contributed by atoms with van der Waals surface area (Å²) in [5.41, 5.74) is 1.17. The number of carbonyl (C=O) groups excluding carboxylic acids is 3. The van der Waals surface area contributed by atoms with Gasteiger partial charge >= 0.3 is 23.9 Å². The standard InChI is InChI=1S/C16H23N3O9/c1-19-12(25)15(7-4-6-10(22)23,11(24)18-14(19)28)16(17,13(26)27)8-3-2-5-9(20)21/h2-8,17H2,1H3,(H,20,21)(H,22,23)(H,26,27)(H,18,24,28). The number of imide groups is 2. The van der Waals surface area contributed by atoms with E-state index in [1.54, 1.807) is 0 Å². The number of amides is 4. The SMILES string of the molecule is CN1C(=O)NC(=O)C(CCCC(=O)O)(C(N)(CCCCC(=O)O)C(=O)O)C1=O. The predicted octanol–water partition coefficient (Wildman–Crippen LogP) is -0.637. The zero-order chi connectivity index (χ0) is 21.7. The highest BCUT2D eigenvalue weighted by molar-refractivity contribution is 6.22. The number of nitrogens with zero attached hydrogens (tertiary/aromatic N) is 1. The van der Waals surface area contributed by atoms with E-state index >= 15 is 0 Å². The lowest BCUT2D eigenvalue weighted by atomic mass is 9.62. The maximum absolute atomic E-state index is 12.9. The van der Waals surface area contributed by atoms with Gasteiger partial charge < -0.3 is 21.1 Å². The van der Waals surface area contributed by atoms with Gasteiger partial charge in [0.25, 0.3) is 0 Å². The van der Waals surface area contributed by atoms with Gasteiger partial charge in [0.1, 0.15) is 5.54 Å². The monoisotopic (exact) mass is 401 g/mol. The van der Waals surface area contributed by atoms with Crippen LogP contribution in [-0.2, 0) is 24.0 Å². The van der Waals surface area contributed by atoms with Gasteiger partial charge in [-0.05, 0) is 25.7 Å². The molecule has 1 saturated heterocycles. The molecule has 1 rings (SSSR count). The number of carbonyl (C=O) groups is 6. The van der Waals surface area contributed by atoms with Gasteiger partial charge in [-0.15, -0.1) is 0 Å². The average Bonchev–Trinajstić information content (AvgIpc) is 2.59. The molecule has 1 aliphatic heterocycles. The summed E-state index contributed by atoms with van der Waals surface area (Å²) >= 11 is 0. The van der Waals surface area contributed by atoms with Gasteiger partial charge in [0.15, 0.2) is 5.41 Å². The summed E-state index contributed by atoms with van der Waals surface area (Å²) in [5.74, 6) is -6.37. The minimum absolute atomic E-state index is 0.0198. The van der Waals surface area contributed by atoms with Crippen LogP contribution < -0.4 is 11.1 Å². The number of hydrogen-bond acceptors (Lipinski definition) is 7. The van der Waals surface area contributed by atoms with Crippen molar-refractivity contribution in [3.8, 4) is 0 Å². The Hall–Kier alpha value is -3.02. The number of nitrogens with two attached hydrogens (primary N) is 1. The Morgan fingerprint density at radius 1 is 1.04 bits per heavy atom. The van der Waals surface area contributed by atoms with Crippen molar-refractivity contribution in [2.75, 3.05) is 7.05 Å². The minimum Gasteiger partial charge on any atom is -0.481 e. The van der Waals surface area contributed by atoms with Crippen LogP contribution in [0.25, 0.3) is 0 Å². The summed E-state index contributed by atoms with van der Waals surface area (Å²) in [7, 11) is 1.04. The van der Waals surface area contributed by atoms with E-state index in [9.17, 15) is 33.9 Å². The number of rotatable bonds is 11. The van der Waals surface area contributed by atoms with E-state index in [0.29, 0.717) is 4.90 Å². The molecule has 0 radical (unpaired) electrons. The Kier molecular flexibility index (Phi) is 7.22. The van der Waals surface area contributed by atoms with Crippen molar-refractivity contribution in [2.24, 2.45) is 11.1 Å². The van der Waals surface area contributed by atoms with E-state index in [0.717, 1.165) is 7.05 Å². The molecule has 1 aliphatic rings. The van der Waals surface area contributed by atoms with Crippen LogP contribution in [0.5, 0.6) is 0 Å². The zero-order valence-corrected chi connectivity index (χ0v) is 15.3. The van der Waals surface area contributed by atoms with E-state index in [1.807, 2.05) is 5.32 Å². The number of urea groups is 1. The number of barbiturate groups is 1. The van der Waals surface area contributed by atoms with Gasteiger partial charge in [0.2, 0.25) is 11.8 Å². The van der Waals surface area contributed by atoms with Crippen LogP contribution in [0.3, 0.4) is 0 Å². The van der Waals surface area contributed by atoms with Gasteiger partial charge in [0, 0.05) is 19.9 Å². The highest BCUT2D eigenvalue weighted by atomic mass is 16.4. The van der Waals surface area contributed by atoms with Gasteiger partial charge in [-0.3, -0.25) is 34.2 Å². The molecule has 12 heteroatoms. The van der Waals surface area contributed by atoms with Crippen molar-refractivity contribution in [2.45, 2.75) is 50.5 Å². The molecule has 6 N–H and O–H groups in total. The quantitative estimate of drug-likeness (QED) is 0.219. The molecule has 0 aromatic carbocycles. The first-order valence-electron chi connectivity index (χ1n) is 8.49. The van der Waals surface area contributed by atoms with Crippen molar-refractivity contribution in [3.63, 3.8) is 0 Å². The van der Waals surface area contributed by atoms with E-state index in [2.05, 4.69) is 0 Å². The fraction of sp³-hybridized carbons (Fsp3) is 0.625.